The van der Waals surface area contributed by atoms with Crippen LogP contribution in [0.4, 0.5) is 26.3 Å². The van der Waals surface area contributed by atoms with Gasteiger partial charge in [0.25, 0.3) is 0 Å². The summed E-state index contributed by atoms with van der Waals surface area (Å²) in [5, 5.41) is -0.370. The molecule has 0 radical (unpaired) electrons. The summed E-state index contributed by atoms with van der Waals surface area (Å²) in [6.45, 7) is 0. The molecule has 0 atom stereocenters. The molecule has 8 heteroatoms. The van der Waals surface area contributed by atoms with Crippen LogP contribution in [0.3, 0.4) is 0 Å². The van der Waals surface area contributed by atoms with Crippen LogP contribution in [-0.2, 0) is 6.18 Å². The Morgan fingerprint density at radius 1 is 1.00 bits per heavy atom. The van der Waals surface area contributed by atoms with Gasteiger partial charge >= 0.3 is 11.7 Å². The molecule has 1 rings (SSSR count). The van der Waals surface area contributed by atoms with Gasteiger partial charge in [0.1, 0.15) is 0 Å². The molecule has 1 aromatic carbocycles. The molecule has 0 saturated carbocycles. The van der Waals surface area contributed by atoms with Crippen molar-refractivity contribution in [3.05, 3.63) is 29.8 Å². The maximum absolute atomic E-state index is 12.3. The van der Waals surface area contributed by atoms with Gasteiger partial charge in [-0.1, -0.05) is 6.07 Å². The lowest BCUT2D eigenvalue weighted by Crippen LogP contribution is -2.04. The molecular formula is C9H6F6S2. The topological polar surface area (TPSA) is 0 Å². The molecule has 96 valence electrons. The fraction of sp³-hybridized carbons (Fsp3) is 0.333. The van der Waals surface area contributed by atoms with Gasteiger partial charge in [-0.3, -0.25) is 0 Å². The van der Waals surface area contributed by atoms with Crippen molar-refractivity contribution in [1.29, 1.82) is 0 Å². The number of halogens is 6. The van der Waals surface area contributed by atoms with Gasteiger partial charge in [0.05, 0.1) is 10.6 Å². The van der Waals surface area contributed by atoms with E-state index in [0.717, 1.165) is 23.9 Å². The lowest BCUT2D eigenvalue weighted by atomic mass is 10.2. The first-order valence-corrected chi connectivity index (χ1v) is 6.16. The molecular weight excluding hydrogens is 286 g/mol. The third kappa shape index (κ3) is 5.58. The minimum Gasteiger partial charge on any atom is -0.166 e. The van der Waals surface area contributed by atoms with Gasteiger partial charge in [-0.25, -0.2) is 0 Å². The quantitative estimate of drug-likeness (QED) is 0.436. The lowest BCUT2D eigenvalue weighted by Gasteiger charge is -2.09. The van der Waals surface area contributed by atoms with Crippen molar-refractivity contribution in [2.24, 2.45) is 0 Å². The normalized spacial score (nSPS) is 12.8. The van der Waals surface area contributed by atoms with Crippen LogP contribution in [0.1, 0.15) is 5.56 Å². The number of benzene rings is 1. The van der Waals surface area contributed by atoms with Gasteiger partial charge in [0.2, 0.25) is 0 Å². The van der Waals surface area contributed by atoms with Crippen molar-refractivity contribution in [1.82, 2.24) is 0 Å². The number of rotatable bonds is 3. The zero-order valence-corrected chi connectivity index (χ0v) is 9.73. The van der Waals surface area contributed by atoms with Gasteiger partial charge in [-0.2, -0.15) is 26.3 Å². The molecule has 0 aliphatic heterocycles. The molecule has 0 fully saturated rings. The van der Waals surface area contributed by atoms with Crippen molar-refractivity contribution < 1.29 is 26.3 Å². The SMILES string of the molecule is FC(F)(F)SCSc1cccc(C(F)(F)F)c1. The van der Waals surface area contributed by atoms with E-state index in [-0.39, 0.29) is 21.7 Å². The van der Waals surface area contributed by atoms with Crippen molar-refractivity contribution in [3.8, 4) is 0 Å². The summed E-state index contributed by atoms with van der Waals surface area (Å²) in [6, 6.07) is 4.23. The van der Waals surface area contributed by atoms with Gasteiger partial charge in [-0.15, -0.1) is 11.8 Å². The van der Waals surface area contributed by atoms with Crippen molar-refractivity contribution in [2.75, 3.05) is 5.08 Å². The number of thioether (sulfide) groups is 2. The Labute approximate surface area is 102 Å². The monoisotopic (exact) mass is 292 g/mol. The largest absolute Gasteiger partial charge is 0.442 e. The first-order chi connectivity index (χ1) is 7.68. The van der Waals surface area contributed by atoms with Gasteiger partial charge in [0.15, 0.2) is 0 Å². The highest BCUT2D eigenvalue weighted by Gasteiger charge is 2.31. The molecule has 0 aliphatic carbocycles. The van der Waals surface area contributed by atoms with Crippen molar-refractivity contribution in [2.45, 2.75) is 16.6 Å². The predicted octanol–water partition coefficient (Wildman–Crippen LogP) is 5.01. The summed E-state index contributed by atoms with van der Waals surface area (Å²) in [4.78, 5) is 0.163. The van der Waals surface area contributed by atoms with Gasteiger partial charge < -0.3 is 0 Å². The second kappa shape index (κ2) is 5.43. The molecule has 0 nitrogen and oxygen atoms in total. The molecule has 0 bridgehead atoms. The van der Waals surface area contributed by atoms with Crippen LogP contribution in [0.5, 0.6) is 0 Å². The molecule has 1 aromatic rings. The van der Waals surface area contributed by atoms with E-state index in [1.807, 2.05) is 0 Å². The number of alkyl halides is 6. The van der Waals surface area contributed by atoms with E-state index >= 15 is 0 Å². The zero-order valence-electron chi connectivity index (χ0n) is 8.10. The molecule has 0 aromatic heterocycles. The average molecular weight is 292 g/mol. The summed E-state index contributed by atoms with van der Waals surface area (Å²) in [5.74, 6) is 0. The smallest absolute Gasteiger partial charge is 0.166 e. The maximum atomic E-state index is 12.3. The summed E-state index contributed by atoms with van der Waals surface area (Å²) < 4.78 is 72.2. The highest BCUT2D eigenvalue weighted by Crippen LogP contribution is 2.36. The highest BCUT2D eigenvalue weighted by atomic mass is 32.2. The fourth-order valence-electron chi connectivity index (χ4n) is 0.927. The Bertz CT molecular complexity index is 370. The van der Waals surface area contributed by atoms with E-state index in [1.54, 1.807) is 0 Å². The molecule has 17 heavy (non-hydrogen) atoms. The molecule has 0 heterocycles. The maximum Gasteiger partial charge on any atom is 0.442 e. The average Bonchev–Trinajstić information content (AvgIpc) is 2.15. The first-order valence-electron chi connectivity index (χ1n) is 4.19. The summed E-state index contributed by atoms with van der Waals surface area (Å²) in [5.41, 5.74) is -5.23. The molecule has 0 aliphatic rings. The molecule has 0 saturated heterocycles. The summed E-state index contributed by atoms with van der Waals surface area (Å²) in [6.07, 6.45) is -4.48. The van der Waals surface area contributed by atoms with E-state index in [0.29, 0.717) is 0 Å². The van der Waals surface area contributed by atoms with Crippen LogP contribution in [-0.4, -0.2) is 10.6 Å². The number of hydrogen-bond donors (Lipinski definition) is 0. The van der Waals surface area contributed by atoms with Gasteiger partial charge in [-0.05, 0) is 30.0 Å². The van der Waals surface area contributed by atoms with E-state index in [4.69, 9.17) is 0 Å². The molecule has 0 amide bonds. The van der Waals surface area contributed by atoms with E-state index in [2.05, 4.69) is 0 Å². The molecule has 0 unspecified atom stereocenters. The predicted molar refractivity (Wildman–Crippen MR) is 55.8 cm³/mol. The van der Waals surface area contributed by atoms with Crippen LogP contribution < -0.4 is 0 Å². The number of hydrogen-bond acceptors (Lipinski definition) is 2. The Balaban J connectivity index is 2.61. The van der Waals surface area contributed by atoms with Crippen LogP contribution in [0.25, 0.3) is 0 Å². The summed E-state index contributed by atoms with van der Waals surface area (Å²) in [7, 11) is 0. The highest BCUT2D eigenvalue weighted by molar-refractivity contribution is 8.16. The Morgan fingerprint density at radius 3 is 2.18 bits per heavy atom. The zero-order chi connectivity index (χ0) is 13.1. The minimum absolute atomic E-state index is 0.163. The standard InChI is InChI=1S/C9H6F6S2/c10-8(11,12)6-2-1-3-7(4-6)16-5-17-9(13,14)15/h1-4H,5H2. The second-order valence-corrected chi connectivity index (χ2v) is 5.33. The van der Waals surface area contributed by atoms with Gasteiger partial charge in [0, 0.05) is 4.90 Å². The Morgan fingerprint density at radius 2 is 1.65 bits per heavy atom. The van der Waals surface area contributed by atoms with Crippen LogP contribution in [0.2, 0.25) is 0 Å². The van der Waals surface area contributed by atoms with Crippen LogP contribution in [0.15, 0.2) is 29.2 Å². The Kier molecular flexibility index (Phi) is 4.65. The van der Waals surface area contributed by atoms with E-state index < -0.39 is 17.2 Å². The lowest BCUT2D eigenvalue weighted by molar-refractivity contribution is -0.137. The molecule has 0 N–H and O–H groups in total. The fourth-order valence-corrected chi connectivity index (χ4v) is 2.63. The van der Waals surface area contributed by atoms with E-state index in [9.17, 15) is 26.3 Å². The first kappa shape index (κ1) is 14.6. The third-order valence-electron chi connectivity index (χ3n) is 1.61. The van der Waals surface area contributed by atoms with E-state index in [1.165, 1.54) is 12.1 Å². The molecule has 0 spiro atoms. The second-order valence-electron chi connectivity index (χ2n) is 2.88. The third-order valence-corrected chi connectivity index (χ3v) is 3.47. The minimum atomic E-state index is -4.48. The van der Waals surface area contributed by atoms with Crippen LogP contribution in [0, 0.1) is 0 Å². The van der Waals surface area contributed by atoms with Crippen molar-refractivity contribution >= 4 is 23.5 Å². The van der Waals surface area contributed by atoms with Crippen LogP contribution >= 0.6 is 23.5 Å². The Hall–Kier alpha value is -0.500. The van der Waals surface area contributed by atoms with Crippen molar-refractivity contribution in [3.63, 3.8) is 0 Å². The summed E-state index contributed by atoms with van der Waals surface area (Å²) >= 11 is 0.444.